The zero-order valence-electron chi connectivity index (χ0n) is 14.3. The van der Waals surface area contributed by atoms with Gasteiger partial charge in [-0.1, -0.05) is 24.3 Å². The number of benzene rings is 1. The van der Waals surface area contributed by atoms with E-state index in [2.05, 4.69) is 69.2 Å². The van der Waals surface area contributed by atoms with Gasteiger partial charge in [0.1, 0.15) is 0 Å². The van der Waals surface area contributed by atoms with Gasteiger partial charge in [0.05, 0.1) is 17.8 Å². The molecule has 1 aliphatic heterocycles. The third-order valence-corrected chi connectivity index (χ3v) is 5.17. The van der Waals surface area contributed by atoms with Gasteiger partial charge in [0.15, 0.2) is 5.11 Å². The van der Waals surface area contributed by atoms with Gasteiger partial charge in [-0.05, 0) is 55.5 Å². The average Bonchev–Trinajstić information content (AvgIpc) is 3.16. The molecule has 4 nitrogen and oxygen atoms in total. The molecule has 2 aromatic heterocycles. The van der Waals surface area contributed by atoms with Crippen LogP contribution in [0.2, 0.25) is 0 Å². The number of para-hydroxylation sites is 1. The lowest BCUT2D eigenvalue weighted by molar-refractivity contribution is 0.356. The largest absolute Gasteiger partial charge is 0.352 e. The summed E-state index contributed by atoms with van der Waals surface area (Å²) in [4.78, 5) is 6.68. The van der Waals surface area contributed by atoms with Crippen LogP contribution in [0.5, 0.6) is 0 Å². The van der Waals surface area contributed by atoms with Crippen molar-refractivity contribution >= 4 is 17.3 Å². The number of nitrogens with zero attached hydrogens (tertiary/aromatic N) is 3. The Kier molecular flexibility index (Phi) is 4.01. The van der Waals surface area contributed by atoms with Crippen molar-refractivity contribution in [2.75, 3.05) is 7.05 Å². The number of nitrogens with one attached hydrogen (secondary N) is 1. The summed E-state index contributed by atoms with van der Waals surface area (Å²) in [5.74, 6) is 0. The van der Waals surface area contributed by atoms with Gasteiger partial charge < -0.3 is 14.8 Å². The molecule has 25 heavy (non-hydrogen) atoms. The van der Waals surface area contributed by atoms with Gasteiger partial charge in [0, 0.05) is 30.3 Å². The third kappa shape index (κ3) is 2.70. The molecular weight excluding hydrogens is 328 g/mol. The summed E-state index contributed by atoms with van der Waals surface area (Å²) >= 11 is 5.54. The van der Waals surface area contributed by atoms with E-state index in [0.29, 0.717) is 0 Å². The summed E-state index contributed by atoms with van der Waals surface area (Å²) in [7, 11) is 2.04. The molecule has 0 radical (unpaired) electrons. The highest BCUT2D eigenvalue weighted by atomic mass is 32.1. The summed E-state index contributed by atoms with van der Waals surface area (Å²) in [6.07, 6.45) is 1.83. The number of likely N-dealkylation sites (N-methyl/N-ethyl adjacent to an activating group) is 1. The number of rotatable bonds is 3. The second-order valence-electron chi connectivity index (χ2n) is 6.31. The van der Waals surface area contributed by atoms with Crippen LogP contribution in [0, 0.1) is 6.92 Å². The quantitative estimate of drug-likeness (QED) is 0.730. The molecule has 4 rings (SSSR count). The van der Waals surface area contributed by atoms with Crippen LogP contribution in [0.3, 0.4) is 0 Å². The van der Waals surface area contributed by atoms with Crippen LogP contribution in [0.1, 0.15) is 29.2 Å². The molecule has 0 saturated carbocycles. The molecule has 1 N–H and O–H groups in total. The fourth-order valence-electron chi connectivity index (χ4n) is 3.55. The first-order valence-electron chi connectivity index (χ1n) is 8.35. The van der Waals surface area contributed by atoms with Gasteiger partial charge in [-0.25, -0.2) is 0 Å². The maximum Gasteiger partial charge on any atom is 0.169 e. The highest BCUT2D eigenvalue weighted by Gasteiger charge is 2.39. The predicted octanol–water partition coefficient (Wildman–Crippen LogP) is 3.78. The third-order valence-electron chi connectivity index (χ3n) is 4.76. The van der Waals surface area contributed by atoms with Crippen LogP contribution >= 0.6 is 12.2 Å². The fraction of sp³-hybridized carbons (Fsp3) is 0.200. The number of aryl methyl sites for hydroxylation is 1. The van der Waals surface area contributed by atoms with E-state index in [1.165, 1.54) is 11.4 Å². The molecule has 2 unspecified atom stereocenters. The average molecular weight is 348 g/mol. The van der Waals surface area contributed by atoms with Crippen molar-refractivity contribution in [3.63, 3.8) is 0 Å². The molecule has 0 bridgehead atoms. The van der Waals surface area contributed by atoms with E-state index in [1.54, 1.807) is 0 Å². The maximum absolute atomic E-state index is 5.54. The minimum absolute atomic E-state index is 0.0236. The molecule has 3 heterocycles. The lowest BCUT2D eigenvalue weighted by Gasteiger charge is -2.26. The fourth-order valence-corrected chi connectivity index (χ4v) is 3.79. The number of aromatic nitrogens is 2. The van der Waals surface area contributed by atoms with E-state index >= 15 is 0 Å². The van der Waals surface area contributed by atoms with Crippen molar-refractivity contribution in [3.8, 4) is 5.69 Å². The summed E-state index contributed by atoms with van der Waals surface area (Å²) in [5.41, 5.74) is 4.56. The highest BCUT2D eigenvalue weighted by molar-refractivity contribution is 7.80. The van der Waals surface area contributed by atoms with E-state index in [1.807, 2.05) is 31.4 Å². The molecule has 1 fully saturated rings. The van der Waals surface area contributed by atoms with Crippen LogP contribution in [0.15, 0.2) is 66.9 Å². The van der Waals surface area contributed by atoms with E-state index in [-0.39, 0.29) is 12.1 Å². The Morgan fingerprint density at radius 1 is 1.00 bits per heavy atom. The Balaban J connectivity index is 1.84. The number of pyridine rings is 1. The molecular formula is C20H20N4S. The van der Waals surface area contributed by atoms with Crippen LogP contribution in [-0.2, 0) is 0 Å². The second-order valence-corrected chi connectivity index (χ2v) is 6.69. The van der Waals surface area contributed by atoms with E-state index in [4.69, 9.17) is 12.2 Å². The van der Waals surface area contributed by atoms with Crippen molar-refractivity contribution in [1.82, 2.24) is 19.8 Å². The zero-order chi connectivity index (χ0) is 17.4. The molecule has 1 aromatic carbocycles. The van der Waals surface area contributed by atoms with Crippen LogP contribution in [0.4, 0.5) is 0 Å². The zero-order valence-corrected chi connectivity index (χ0v) is 15.1. The summed E-state index contributed by atoms with van der Waals surface area (Å²) in [6.45, 7) is 2.13. The summed E-state index contributed by atoms with van der Waals surface area (Å²) in [5, 5.41) is 4.19. The first kappa shape index (κ1) is 15.8. The van der Waals surface area contributed by atoms with E-state index in [0.717, 1.165) is 16.5 Å². The Hall–Kier alpha value is -2.66. The molecule has 126 valence electrons. The molecule has 5 heteroatoms. The maximum atomic E-state index is 5.54. The van der Waals surface area contributed by atoms with Gasteiger partial charge in [-0.2, -0.15) is 0 Å². The van der Waals surface area contributed by atoms with Gasteiger partial charge >= 0.3 is 0 Å². The Morgan fingerprint density at radius 2 is 1.76 bits per heavy atom. The molecule has 1 saturated heterocycles. The molecule has 1 aliphatic rings. The number of hydrogen-bond donors (Lipinski definition) is 1. The lowest BCUT2D eigenvalue weighted by atomic mass is 10.0. The van der Waals surface area contributed by atoms with Gasteiger partial charge in [-0.15, -0.1) is 0 Å². The van der Waals surface area contributed by atoms with Crippen molar-refractivity contribution < 1.29 is 0 Å². The summed E-state index contributed by atoms with van der Waals surface area (Å²) < 4.78 is 2.30. The first-order valence-corrected chi connectivity index (χ1v) is 8.75. The number of hydrogen-bond acceptors (Lipinski definition) is 2. The van der Waals surface area contributed by atoms with Gasteiger partial charge in [0.25, 0.3) is 0 Å². The number of thiocarbonyl (C=S) groups is 1. The monoisotopic (exact) mass is 348 g/mol. The minimum atomic E-state index is 0.0236. The SMILES string of the molecule is Cc1ccc(C2C(c3ccccn3)NC(=S)N2C)n1-c1ccccc1. The van der Waals surface area contributed by atoms with E-state index in [9.17, 15) is 0 Å². The topological polar surface area (TPSA) is 33.1 Å². The van der Waals surface area contributed by atoms with Crippen molar-refractivity contribution in [3.05, 3.63) is 83.9 Å². The molecule has 2 atom stereocenters. The highest BCUT2D eigenvalue weighted by Crippen LogP contribution is 2.39. The Labute approximate surface area is 153 Å². The predicted molar refractivity (Wildman–Crippen MR) is 104 cm³/mol. The molecule has 0 aliphatic carbocycles. The normalized spacial score (nSPS) is 19.9. The van der Waals surface area contributed by atoms with Crippen LogP contribution in [0.25, 0.3) is 5.69 Å². The molecule has 0 amide bonds. The smallest absolute Gasteiger partial charge is 0.169 e. The first-order chi connectivity index (χ1) is 12.2. The van der Waals surface area contributed by atoms with E-state index < -0.39 is 0 Å². The Bertz CT molecular complexity index is 889. The standard InChI is InChI=1S/C20H20N4S/c1-14-11-12-17(24(14)15-8-4-3-5-9-15)19-18(22-20(25)23(19)2)16-10-6-7-13-21-16/h3-13,18-19H,1-2H3,(H,22,25). The van der Waals surface area contributed by atoms with Crippen LogP contribution in [-0.4, -0.2) is 26.6 Å². The Morgan fingerprint density at radius 3 is 2.48 bits per heavy atom. The van der Waals surface area contributed by atoms with Crippen molar-refractivity contribution in [1.29, 1.82) is 0 Å². The minimum Gasteiger partial charge on any atom is -0.352 e. The second kappa shape index (κ2) is 6.33. The van der Waals surface area contributed by atoms with Crippen LogP contribution < -0.4 is 5.32 Å². The lowest BCUT2D eigenvalue weighted by Crippen LogP contribution is -2.26. The van der Waals surface area contributed by atoms with Gasteiger partial charge in [-0.3, -0.25) is 4.98 Å². The summed E-state index contributed by atoms with van der Waals surface area (Å²) in [6, 6.07) is 20.9. The van der Waals surface area contributed by atoms with Crippen molar-refractivity contribution in [2.45, 2.75) is 19.0 Å². The van der Waals surface area contributed by atoms with Crippen molar-refractivity contribution in [2.24, 2.45) is 0 Å². The molecule has 3 aromatic rings. The van der Waals surface area contributed by atoms with Gasteiger partial charge in [0.2, 0.25) is 0 Å². The molecule has 0 spiro atoms.